The van der Waals surface area contributed by atoms with Crippen LogP contribution in [0.25, 0.3) is 0 Å². The van der Waals surface area contributed by atoms with Gasteiger partial charge in [-0.05, 0) is 48.6 Å². The van der Waals surface area contributed by atoms with Gasteiger partial charge in [-0.1, -0.05) is 32.0 Å². The van der Waals surface area contributed by atoms with E-state index in [2.05, 4.69) is 0 Å². The van der Waals surface area contributed by atoms with E-state index in [1.807, 2.05) is 32.0 Å². The number of aromatic hydroxyl groups is 2. The Hall–Kier alpha value is -2.49. The average Bonchev–Trinajstić information content (AvgIpc) is 2.50. The third-order valence-electron chi connectivity index (χ3n) is 3.87. The van der Waals surface area contributed by atoms with E-state index in [-0.39, 0.29) is 22.9 Å². The van der Waals surface area contributed by atoms with Crippen LogP contribution in [0.5, 0.6) is 17.2 Å². The first-order valence-corrected chi connectivity index (χ1v) is 7.67. The molecule has 4 nitrogen and oxygen atoms in total. The Kier molecular flexibility index (Phi) is 5.27. The summed E-state index contributed by atoms with van der Waals surface area (Å²) in [5.74, 6) is 0.545. The van der Waals surface area contributed by atoms with Crippen LogP contribution >= 0.6 is 0 Å². The Morgan fingerprint density at radius 1 is 1.09 bits per heavy atom. The number of benzene rings is 2. The number of phenols is 2. The van der Waals surface area contributed by atoms with Gasteiger partial charge in [0.1, 0.15) is 17.2 Å². The molecule has 0 aliphatic carbocycles. The molecule has 0 radical (unpaired) electrons. The molecule has 0 heterocycles. The molecule has 0 aromatic heterocycles. The number of esters is 1. The standard InChI is InChI=1S/C19H22O4/c1-19(2,16-13-14(20)10-11-17(16)21)12-6-9-18(22)23-15-7-4-3-5-8-15/h3-5,7-8,10-11,13,20-21H,6,9,12H2,1-2H3. The van der Waals surface area contributed by atoms with E-state index >= 15 is 0 Å². The molecule has 0 fully saturated rings. The number of para-hydroxylation sites is 1. The van der Waals surface area contributed by atoms with Crippen molar-refractivity contribution in [2.45, 2.75) is 38.5 Å². The zero-order valence-electron chi connectivity index (χ0n) is 13.5. The van der Waals surface area contributed by atoms with Crippen LogP contribution in [-0.2, 0) is 10.2 Å². The fourth-order valence-electron chi connectivity index (χ4n) is 2.55. The van der Waals surface area contributed by atoms with E-state index in [9.17, 15) is 15.0 Å². The molecule has 2 rings (SSSR count). The summed E-state index contributed by atoms with van der Waals surface area (Å²) in [6, 6.07) is 13.5. The second-order valence-electron chi connectivity index (χ2n) is 6.23. The zero-order chi connectivity index (χ0) is 16.9. The lowest BCUT2D eigenvalue weighted by Gasteiger charge is -2.26. The van der Waals surface area contributed by atoms with Crippen molar-refractivity contribution in [1.29, 1.82) is 0 Å². The number of ether oxygens (including phenoxy) is 1. The molecule has 23 heavy (non-hydrogen) atoms. The number of carbonyl (C=O) groups is 1. The van der Waals surface area contributed by atoms with Crippen molar-refractivity contribution >= 4 is 5.97 Å². The first-order chi connectivity index (χ1) is 10.9. The third-order valence-corrected chi connectivity index (χ3v) is 3.87. The molecule has 0 spiro atoms. The number of hydrogen-bond donors (Lipinski definition) is 2. The SMILES string of the molecule is CC(C)(CCCC(=O)Oc1ccccc1)c1cc(O)ccc1O. The lowest BCUT2D eigenvalue weighted by atomic mass is 9.79. The number of phenolic OH excluding ortho intramolecular Hbond substituents is 2. The molecular weight excluding hydrogens is 292 g/mol. The van der Waals surface area contributed by atoms with E-state index in [0.717, 1.165) is 0 Å². The van der Waals surface area contributed by atoms with Crippen molar-refractivity contribution < 1.29 is 19.7 Å². The monoisotopic (exact) mass is 314 g/mol. The second kappa shape index (κ2) is 7.18. The van der Waals surface area contributed by atoms with Gasteiger partial charge in [0.15, 0.2) is 0 Å². The van der Waals surface area contributed by atoms with Gasteiger partial charge in [-0.25, -0.2) is 0 Å². The minimum atomic E-state index is -0.351. The van der Waals surface area contributed by atoms with Crippen LogP contribution in [0, 0.1) is 0 Å². The fourth-order valence-corrected chi connectivity index (χ4v) is 2.55. The lowest BCUT2D eigenvalue weighted by Crippen LogP contribution is -2.18. The predicted molar refractivity (Wildman–Crippen MR) is 88.7 cm³/mol. The van der Waals surface area contributed by atoms with Crippen LogP contribution in [-0.4, -0.2) is 16.2 Å². The highest BCUT2D eigenvalue weighted by Gasteiger charge is 2.24. The molecule has 0 saturated carbocycles. The minimum Gasteiger partial charge on any atom is -0.508 e. The second-order valence-corrected chi connectivity index (χ2v) is 6.23. The lowest BCUT2D eigenvalue weighted by molar-refractivity contribution is -0.134. The predicted octanol–water partition coefficient (Wildman–Crippen LogP) is 4.15. The molecule has 0 atom stereocenters. The Morgan fingerprint density at radius 3 is 2.48 bits per heavy atom. The summed E-state index contributed by atoms with van der Waals surface area (Å²) in [4.78, 5) is 11.8. The van der Waals surface area contributed by atoms with Crippen LogP contribution in [0.4, 0.5) is 0 Å². The van der Waals surface area contributed by atoms with Gasteiger partial charge >= 0.3 is 5.97 Å². The van der Waals surface area contributed by atoms with Crippen molar-refractivity contribution in [3.05, 3.63) is 54.1 Å². The van der Waals surface area contributed by atoms with Gasteiger partial charge < -0.3 is 14.9 Å². The molecule has 0 amide bonds. The van der Waals surface area contributed by atoms with E-state index in [1.54, 1.807) is 18.2 Å². The van der Waals surface area contributed by atoms with E-state index in [4.69, 9.17) is 4.74 Å². The van der Waals surface area contributed by atoms with Crippen LogP contribution in [0.2, 0.25) is 0 Å². The smallest absolute Gasteiger partial charge is 0.311 e. The van der Waals surface area contributed by atoms with Crippen molar-refractivity contribution in [3.63, 3.8) is 0 Å². The number of rotatable bonds is 6. The van der Waals surface area contributed by atoms with Crippen molar-refractivity contribution in [1.82, 2.24) is 0 Å². The first-order valence-electron chi connectivity index (χ1n) is 7.67. The Labute approximate surface area is 136 Å². The number of hydrogen-bond acceptors (Lipinski definition) is 4. The van der Waals surface area contributed by atoms with Crippen molar-refractivity contribution in [3.8, 4) is 17.2 Å². The highest BCUT2D eigenvalue weighted by molar-refractivity contribution is 5.72. The normalized spacial score (nSPS) is 11.2. The van der Waals surface area contributed by atoms with Crippen molar-refractivity contribution in [2.75, 3.05) is 0 Å². The van der Waals surface area contributed by atoms with Gasteiger partial charge in [0.05, 0.1) is 0 Å². The molecule has 0 saturated heterocycles. The van der Waals surface area contributed by atoms with Gasteiger partial charge in [-0.3, -0.25) is 4.79 Å². The molecule has 2 N–H and O–H groups in total. The van der Waals surface area contributed by atoms with Gasteiger partial charge in [-0.15, -0.1) is 0 Å². The molecule has 2 aromatic carbocycles. The largest absolute Gasteiger partial charge is 0.508 e. The van der Waals surface area contributed by atoms with Crippen LogP contribution in [0.1, 0.15) is 38.7 Å². The quantitative estimate of drug-likeness (QED) is 0.477. The molecule has 0 unspecified atom stereocenters. The van der Waals surface area contributed by atoms with Gasteiger partial charge in [0.25, 0.3) is 0 Å². The summed E-state index contributed by atoms with van der Waals surface area (Å²) >= 11 is 0. The fraction of sp³-hybridized carbons (Fsp3) is 0.316. The van der Waals surface area contributed by atoms with Gasteiger partial charge in [-0.2, -0.15) is 0 Å². The highest BCUT2D eigenvalue weighted by atomic mass is 16.5. The summed E-state index contributed by atoms with van der Waals surface area (Å²) < 4.78 is 5.25. The third kappa shape index (κ3) is 4.74. The molecular formula is C19H22O4. The molecule has 0 aliphatic rings. The number of carbonyl (C=O) groups excluding carboxylic acids is 1. The van der Waals surface area contributed by atoms with Gasteiger partial charge in [0.2, 0.25) is 0 Å². The Morgan fingerprint density at radius 2 is 1.78 bits per heavy atom. The maximum Gasteiger partial charge on any atom is 0.311 e. The summed E-state index contributed by atoms with van der Waals surface area (Å²) in [6.07, 6.45) is 1.62. The van der Waals surface area contributed by atoms with Crippen LogP contribution < -0.4 is 4.74 Å². The molecule has 0 bridgehead atoms. The minimum absolute atomic E-state index is 0.120. The van der Waals surface area contributed by atoms with E-state index in [1.165, 1.54) is 12.1 Å². The van der Waals surface area contributed by atoms with E-state index < -0.39 is 0 Å². The summed E-state index contributed by atoms with van der Waals surface area (Å²) in [7, 11) is 0. The Balaban J connectivity index is 1.89. The summed E-state index contributed by atoms with van der Waals surface area (Å²) in [6.45, 7) is 3.95. The Bertz CT molecular complexity index is 662. The topological polar surface area (TPSA) is 66.8 Å². The highest BCUT2D eigenvalue weighted by Crippen LogP contribution is 2.36. The first kappa shape index (κ1) is 16.9. The van der Waals surface area contributed by atoms with Crippen LogP contribution in [0.3, 0.4) is 0 Å². The zero-order valence-corrected chi connectivity index (χ0v) is 13.5. The van der Waals surface area contributed by atoms with E-state index in [0.29, 0.717) is 30.6 Å². The van der Waals surface area contributed by atoms with Gasteiger partial charge in [0, 0.05) is 12.0 Å². The molecule has 0 aliphatic heterocycles. The van der Waals surface area contributed by atoms with Crippen LogP contribution in [0.15, 0.2) is 48.5 Å². The maximum atomic E-state index is 11.8. The molecule has 2 aromatic rings. The maximum absolute atomic E-state index is 11.8. The molecule has 122 valence electrons. The molecule has 4 heteroatoms. The summed E-state index contributed by atoms with van der Waals surface area (Å²) in [5, 5.41) is 19.6. The van der Waals surface area contributed by atoms with Crippen molar-refractivity contribution in [2.24, 2.45) is 0 Å². The average molecular weight is 314 g/mol. The summed E-state index contributed by atoms with van der Waals surface area (Å²) in [5.41, 5.74) is 0.324.